The predicted molar refractivity (Wildman–Crippen MR) is 105 cm³/mol. The molecular weight excluding hydrogens is 322 g/mol. The summed E-state index contributed by atoms with van der Waals surface area (Å²) in [6.07, 6.45) is 0.305. The Morgan fingerprint density at radius 1 is 0.808 bits per heavy atom. The molecule has 0 fully saturated rings. The summed E-state index contributed by atoms with van der Waals surface area (Å²) in [4.78, 5) is 12.1. The first-order valence-electron chi connectivity index (χ1n) is 8.76. The molecule has 0 saturated heterocycles. The number of hydrogen-bond acceptors (Lipinski definition) is 3. The van der Waals surface area contributed by atoms with Crippen LogP contribution in [-0.4, -0.2) is 13.1 Å². The Balaban J connectivity index is 2.01. The van der Waals surface area contributed by atoms with Gasteiger partial charge in [-0.2, -0.15) is 0 Å². The van der Waals surface area contributed by atoms with E-state index in [0.717, 1.165) is 16.8 Å². The van der Waals surface area contributed by atoms with Crippen LogP contribution in [0.25, 0.3) is 0 Å². The van der Waals surface area contributed by atoms with Crippen LogP contribution in [0.3, 0.4) is 0 Å². The quantitative estimate of drug-likeness (QED) is 0.599. The zero-order chi connectivity index (χ0) is 18.2. The third kappa shape index (κ3) is 4.51. The molecule has 132 valence electrons. The standard InChI is InChI=1S/C23H23NO2/c1-26-22(25)17-21(18-11-5-2-6-12-18)23(19-13-7-3-8-14-19)24-20-15-9-4-10-16-20/h2-16,21,23-24H,17H2,1H3. The second-order valence-electron chi connectivity index (χ2n) is 6.20. The monoisotopic (exact) mass is 345 g/mol. The number of carbonyl (C=O) groups is 1. The zero-order valence-corrected chi connectivity index (χ0v) is 14.8. The Labute approximate surface area is 154 Å². The van der Waals surface area contributed by atoms with Crippen LogP contribution in [-0.2, 0) is 9.53 Å². The van der Waals surface area contributed by atoms with Crippen molar-refractivity contribution in [3.05, 3.63) is 102 Å². The molecule has 0 heterocycles. The maximum atomic E-state index is 12.1. The SMILES string of the molecule is COC(=O)CC(c1ccccc1)C(Nc1ccccc1)c1ccccc1. The minimum atomic E-state index is -0.213. The summed E-state index contributed by atoms with van der Waals surface area (Å²) in [5.74, 6) is -0.263. The van der Waals surface area contributed by atoms with Gasteiger partial charge in [-0.15, -0.1) is 0 Å². The van der Waals surface area contributed by atoms with E-state index in [-0.39, 0.29) is 17.9 Å². The Kier molecular flexibility index (Phi) is 6.05. The molecule has 0 saturated carbocycles. The number of para-hydroxylation sites is 1. The Morgan fingerprint density at radius 2 is 1.31 bits per heavy atom. The summed E-state index contributed by atoms with van der Waals surface area (Å²) in [5.41, 5.74) is 3.26. The van der Waals surface area contributed by atoms with E-state index in [4.69, 9.17) is 4.74 Å². The Hall–Kier alpha value is -3.07. The summed E-state index contributed by atoms with van der Waals surface area (Å²) in [5, 5.41) is 3.62. The highest BCUT2D eigenvalue weighted by Crippen LogP contribution is 2.36. The molecule has 3 nitrogen and oxygen atoms in total. The van der Waals surface area contributed by atoms with Gasteiger partial charge >= 0.3 is 5.97 Å². The van der Waals surface area contributed by atoms with Gasteiger partial charge in [0.25, 0.3) is 0 Å². The van der Waals surface area contributed by atoms with Crippen LogP contribution < -0.4 is 5.32 Å². The fourth-order valence-corrected chi connectivity index (χ4v) is 3.18. The second-order valence-corrected chi connectivity index (χ2v) is 6.20. The van der Waals surface area contributed by atoms with Crippen molar-refractivity contribution in [3.63, 3.8) is 0 Å². The minimum absolute atomic E-state index is 0.0498. The van der Waals surface area contributed by atoms with Crippen LogP contribution in [0.1, 0.15) is 29.5 Å². The molecule has 1 N–H and O–H groups in total. The number of esters is 1. The molecule has 0 aromatic heterocycles. The van der Waals surface area contributed by atoms with Crippen LogP contribution in [0.5, 0.6) is 0 Å². The molecule has 3 aromatic carbocycles. The van der Waals surface area contributed by atoms with Gasteiger partial charge in [-0.3, -0.25) is 4.79 Å². The number of methoxy groups -OCH3 is 1. The molecule has 0 amide bonds. The fourth-order valence-electron chi connectivity index (χ4n) is 3.18. The van der Waals surface area contributed by atoms with Gasteiger partial charge in [0.1, 0.15) is 0 Å². The van der Waals surface area contributed by atoms with Gasteiger partial charge in [-0.1, -0.05) is 78.9 Å². The van der Waals surface area contributed by atoms with E-state index < -0.39 is 0 Å². The van der Waals surface area contributed by atoms with Crippen molar-refractivity contribution in [3.8, 4) is 0 Å². The van der Waals surface area contributed by atoms with E-state index >= 15 is 0 Å². The molecule has 0 spiro atoms. The Morgan fingerprint density at radius 3 is 1.85 bits per heavy atom. The largest absolute Gasteiger partial charge is 0.469 e. The number of ether oxygens (including phenoxy) is 1. The molecule has 3 rings (SSSR count). The van der Waals surface area contributed by atoms with Crippen molar-refractivity contribution in [1.82, 2.24) is 0 Å². The van der Waals surface area contributed by atoms with E-state index in [0.29, 0.717) is 6.42 Å². The van der Waals surface area contributed by atoms with Gasteiger partial charge in [0.2, 0.25) is 0 Å². The molecule has 0 aliphatic carbocycles. The lowest BCUT2D eigenvalue weighted by atomic mass is 9.84. The van der Waals surface area contributed by atoms with Crippen molar-refractivity contribution < 1.29 is 9.53 Å². The summed E-state index contributed by atoms with van der Waals surface area (Å²) in [6.45, 7) is 0. The normalized spacial score (nSPS) is 12.8. The van der Waals surface area contributed by atoms with Crippen molar-refractivity contribution >= 4 is 11.7 Å². The third-order valence-corrected chi connectivity index (χ3v) is 4.50. The van der Waals surface area contributed by atoms with Gasteiger partial charge in [0, 0.05) is 11.6 Å². The lowest BCUT2D eigenvalue weighted by Gasteiger charge is -2.29. The number of nitrogens with one attached hydrogen (secondary N) is 1. The second kappa shape index (κ2) is 8.86. The van der Waals surface area contributed by atoms with Crippen LogP contribution >= 0.6 is 0 Å². The molecular formula is C23H23NO2. The molecule has 0 radical (unpaired) electrons. The molecule has 0 aliphatic heterocycles. The highest BCUT2D eigenvalue weighted by molar-refractivity contribution is 5.71. The van der Waals surface area contributed by atoms with Gasteiger partial charge in [0.15, 0.2) is 0 Å². The van der Waals surface area contributed by atoms with Crippen LogP contribution in [0.15, 0.2) is 91.0 Å². The first-order valence-corrected chi connectivity index (χ1v) is 8.76. The average Bonchev–Trinajstić information content (AvgIpc) is 2.72. The molecule has 0 aliphatic rings. The van der Waals surface area contributed by atoms with Crippen molar-refractivity contribution in [2.45, 2.75) is 18.4 Å². The van der Waals surface area contributed by atoms with Crippen molar-refractivity contribution in [2.75, 3.05) is 12.4 Å². The first-order chi connectivity index (χ1) is 12.8. The Bertz CT molecular complexity index is 803. The minimum Gasteiger partial charge on any atom is -0.469 e. The summed E-state index contributed by atoms with van der Waals surface area (Å²) < 4.78 is 4.97. The first kappa shape index (κ1) is 17.7. The molecule has 2 unspecified atom stereocenters. The topological polar surface area (TPSA) is 38.3 Å². The molecule has 3 aromatic rings. The summed E-state index contributed by atoms with van der Waals surface area (Å²) in [7, 11) is 1.44. The van der Waals surface area contributed by atoms with E-state index in [1.54, 1.807) is 0 Å². The molecule has 2 atom stereocenters. The molecule has 3 heteroatoms. The lowest BCUT2D eigenvalue weighted by molar-refractivity contribution is -0.141. The van der Waals surface area contributed by atoms with E-state index in [2.05, 4.69) is 29.6 Å². The number of hydrogen-bond donors (Lipinski definition) is 1. The van der Waals surface area contributed by atoms with Gasteiger partial charge in [-0.25, -0.2) is 0 Å². The zero-order valence-electron chi connectivity index (χ0n) is 14.8. The number of benzene rings is 3. The van der Waals surface area contributed by atoms with Crippen molar-refractivity contribution in [2.24, 2.45) is 0 Å². The molecule has 0 bridgehead atoms. The van der Waals surface area contributed by atoms with Crippen LogP contribution in [0.2, 0.25) is 0 Å². The van der Waals surface area contributed by atoms with E-state index in [9.17, 15) is 4.79 Å². The molecule has 26 heavy (non-hydrogen) atoms. The highest BCUT2D eigenvalue weighted by Gasteiger charge is 2.27. The van der Waals surface area contributed by atoms with Gasteiger partial charge in [-0.05, 0) is 23.3 Å². The van der Waals surface area contributed by atoms with E-state index in [1.165, 1.54) is 7.11 Å². The highest BCUT2D eigenvalue weighted by atomic mass is 16.5. The number of rotatable bonds is 7. The number of carbonyl (C=O) groups excluding carboxylic acids is 1. The smallest absolute Gasteiger partial charge is 0.306 e. The average molecular weight is 345 g/mol. The van der Waals surface area contributed by atoms with Gasteiger partial charge in [0.05, 0.1) is 19.6 Å². The predicted octanol–water partition coefficient (Wildman–Crippen LogP) is 5.19. The van der Waals surface area contributed by atoms with Crippen molar-refractivity contribution in [1.29, 1.82) is 0 Å². The maximum Gasteiger partial charge on any atom is 0.306 e. The number of anilines is 1. The van der Waals surface area contributed by atoms with E-state index in [1.807, 2.05) is 66.7 Å². The third-order valence-electron chi connectivity index (χ3n) is 4.50. The maximum absolute atomic E-state index is 12.1. The lowest BCUT2D eigenvalue weighted by Crippen LogP contribution is -2.22. The van der Waals surface area contributed by atoms with Crippen LogP contribution in [0, 0.1) is 0 Å². The summed E-state index contributed by atoms with van der Waals surface area (Å²) in [6, 6.07) is 30.4. The summed E-state index contributed by atoms with van der Waals surface area (Å²) >= 11 is 0. The fraction of sp³-hybridized carbons (Fsp3) is 0.174. The van der Waals surface area contributed by atoms with Crippen LogP contribution in [0.4, 0.5) is 5.69 Å². The van der Waals surface area contributed by atoms with Gasteiger partial charge < -0.3 is 10.1 Å².